The zero-order valence-corrected chi connectivity index (χ0v) is 17.4. The smallest absolute Gasteiger partial charge is 0.228 e. The number of imidazole rings is 1. The van der Waals surface area contributed by atoms with Gasteiger partial charge in [-0.15, -0.1) is 11.3 Å². The summed E-state index contributed by atoms with van der Waals surface area (Å²) in [6.07, 6.45) is 5.07. The maximum atomic E-state index is 12.8. The van der Waals surface area contributed by atoms with Crippen LogP contribution in [-0.2, 0) is 23.1 Å². The van der Waals surface area contributed by atoms with E-state index < -0.39 is 6.04 Å². The van der Waals surface area contributed by atoms with Gasteiger partial charge in [-0.1, -0.05) is 23.7 Å². The molecule has 0 bridgehead atoms. The summed E-state index contributed by atoms with van der Waals surface area (Å²) in [6, 6.07) is 6.93. The van der Waals surface area contributed by atoms with Crippen molar-refractivity contribution in [3.05, 3.63) is 64.1 Å². The number of nitrogens with zero attached hydrogens (tertiary/aromatic N) is 4. The third-order valence-electron chi connectivity index (χ3n) is 4.81. The summed E-state index contributed by atoms with van der Waals surface area (Å²) >= 11 is 7.40. The summed E-state index contributed by atoms with van der Waals surface area (Å²) in [4.78, 5) is 35.2. The predicted octanol–water partition coefficient (Wildman–Crippen LogP) is 3.11. The van der Waals surface area contributed by atoms with E-state index in [0.29, 0.717) is 28.8 Å². The van der Waals surface area contributed by atoms with Crippen LogP contribution in [0.1, 0.15) is 36.0 Å². The number of amides is 2. The zero-order chi connectivity index (χ0) is 20.4. The highest BCUT2D eigenvalue weighted by Crippen LogP contribution is 2.26. The van der Waals surface area contributed by atoms with Crippen molar-refractivity contribution in [2.45, 2.75) is 25.3 Å². The molecule has 1 aliphatic heterocycles. The number of benzene rings is 1. The molecule has 0 saturated carbocycles. The van der Waals surface area contributed by atoms with E-state index in [1.54, 1.807) is 23.2 Å². The Bertz CT molecular complexity index is 1030. The molecule has 4 rings (SSSR count). The van der Waals surface area contributed by atoms with Gasteiger partial charge in [0.15, 0.2) is 5.13 Å². The van der Waals surface area contributed by atoms with E-state index in [9.17, 15) is 9.59 Å². The Labute approximate surface area is 177 Å². The molecule has 1 aromatic carbocycles. The van der Waals surface area contributed by atoms with Crippen molar-refractivity contribution in [1.29, 1.82) is 0 Å². The Morgan fingerprint density at radius 1 is 1.34 bits per heavy atom. The first-order chi connectivity index (χ1) is 14.0. The largest absolute Gasteiger partial charge is 0.342 e. The molecule has 1 atom stereocenters. The van der Waals surface area contributed by atoms with Gasteiger partial charge in [-0.3, -0.25) is 14.5 Å². The minimum absolute atomic E-state index is 0.0907. The number of hydrogen-bond donors (Lipinski definition) is 1. The molecule has 7 nitrogen and oxygen atoms in total. The molecule has 3 aromatic rings. The van der Waals surface area contributed by atoms with Crippen LogP contribution < -0.4 is 10.2 Å². The predicted molar refractivity (Wildman–Crippen MR) is 112 cm³/mol. The van der Waals surface area contributed by atoms with Gasteiger partial charge < -0.3 is 9.88 Å². The van der Waals surface area contributed by atoms with Gasteiger partial charge >= 0.3 is 0 Å². The minimum atomic E-state index is -0.405. The fourth-order valence-corrected chi connectivity index (χ4v) is 4.33. The van der Waals surface area contributed by atoms with Crippen LogP contribution in [-0.4, -0.2) is 32.9 Å². The van der Waals surface area contributed by atoms with Crippen LogP contribution in [0, 0.1) is 0 Å². The van der Waals surface area contributed by atoms with Gasteiger partial charge in [0.25, 0.3) is 0 Å². The molecular weight excluding hydrogens is 410 g/mol. The highest BCUT2D eigenvalue weighted by atomic mass is 35.5. The number of hydrogen-bond acceptors (Lipinski definition) is 5. The molecule has 2 aromatic heterocycles. The number of aromatic nitrogens is 3. The first-order valence-corrected chi connectivity index (χ1v) is 10.5. The fraction of sp³-hybridized carbons (Fsp3) is 0.300. The quantitative estimate of drug-likeness (QED) is 0.652. The molecule has 3 heterocycles. The van der Waals surface area contributed by atoms with Crippen LogP contribution in [0.2, 0.25) is 5.02 Å². The van der Waals surface area contributed by atoms with Gasteiger partial charge in [-0.25, -0.2) is 9.97 Å². The SMILES string of the molecule is Cn1ccnc1[C@@H](NC(=O)Cc1csc(N2CCCC2=O)n1)c1ccc(Cl)cc1. The van der Waals surface area contributed by atoms with E-state index in [2.05, 4.69) is 15.3 Å². The van der Waals surface area contributed by atoms with Crippen LogP contribution in [0.5, 0.6) is 0 Å². The van der Waals surface area contributed by atoms with Crippen LogP contribution in [0.3, 0.4) is 0 Å². The lowest BCUT2D eigenvalue weighted by Gasteiger charge is -2.19. The van der Waals surface area contributed by atoms with Gasteiger partial charge in [0.05, 0.1) is 12.1 Å². The van der Waals surface area contributed by atoms with Gasteiger partial charge in [0, 0.05) is 42.8 Å². The number of carbonyl (C=O) groups is 2. The lowest BCUT2D eigenvalue weighted by Crippen LogP contribution is -2.32. The number of halogens is 1. The van der Waals surface area contributed by atoms with Gasteiger partial charge in [0.2, 0.25) is 11.8 Å². The van der Waals surface area contributed by atoms with Crippen molar-refractivity contribution in [3.63, 3.8) is 0 Å². The molecule has 150 valence electrons. The average molecular weight is 430 g/mol. The van der Waals surface area contributed by atoms with Crippen LogP contribution in [0.4, 0.5) is 5.13 Å². The molecule has 1 fully saturated rings. The summed E-state index contributed by atoms with van der Waals surface area (Å²) in [7, 11) is 1.89. The molecule has 29 heavy (non-hydrogen) atoms. The Morgan fingerprint density at radius 2 is 2.14 bits per heavy atom. The van der Waals surface area contributed by atoms with Gasteiger partial charge in [0.1, 0.15) is 11.9 Å². The molecule has 9 heteroatoms. The van der Waals surface area contributed by atoms with E-state index in [-0.39, 0.29) is 18.2 Å². The molecule has 0 spiro atoms. The molecule has 1 N–H and O–H groups in total. The van der Waals surface area contributed by atoms with E-state index in [1.807, 2.05) is 35.3 Å². The monoisotopic (exact) mass is 429 g/mol. The molecule has 2 amide bonds. The van der Waals surface area contributed by atoms with Crippen LogP contribution in [0.25, 0.3) is 0 Å². The fourth-order valence-electron chi connectivity index (χ4n) is 3.34. The molecule has 1 aliphatic rings. The number of aryl methyl sites for hydroxylation is 1. The second-order valence-electron chi connectivity index (χ2n) is 6.90. The molecule has 0 radical (unpaired) electrons. The summed E-state index contributed by atoms with van der Waals surface area (Å²) in [5.41, 5.74) is 1.54. The highest BCUT2D eigenvalue weighted by molar-refractivity contribution is 7.14. The number of rotatable bonds is 6. The second kappa shape index (κ2) is 8.34. The third kappa shape index (κ3) is 4.33. The zero-order valence-electron chi connectivity index (χ0n) is 15.8. The van der Waals surface area contributed by atoms with Crippen molar-refractivity contribution in [3.8, 4) is 0 Å². The highest BCUT2D eigenvalue weighted by Gasteiger charge is 2.25. The normalized spacial score (nSPS) is 15.0. The van der Waals surface area contributed by atoms with Crippen molar-refractivity contribution < 1.29 is 9.59 Å². The number of thiazole rings is 1. The van der Waals surface area contributed by atoms with E-state index >= 15 is 0 Å². The summed E-state index contributed by atoms with van der Waals surface area (Å²) in [5.74, 6) is 0.646. The molecular formula is C20H20ClN5O2S. The van der Waals surface area contributed by atoms with E-state index in [0.717, 1.165) is 17.8 Å². The van der Waals surface area contributed by atoms with Crippen molar-refractivity contribution in [1.82, 2.24) is 19.9 Å². The van der Waals surface area contributed by atoms with Gasteiger partial charge in [-0.2, -0.15) is 0 Å². The van der Waals surface area contributed by atoms with E-state index in [1.165, 1.54) is 11.3 Å². The topological polar surface area (TPSA) is 80.1 Å². The second-order valence-corrected chi connectivity index (χ2v) is 8.17. The van der Waals surface area contributed by atoms with Crippen molar-refractivity contribution in [2.75, 3.05) is 11.4 Å². The first-order valence-electron chi connectivity index (χ1n) is 9.28. The standard InChI is InChI=1S/C20H20ClN5O2S/c1-25-10-8-22-19(25)18(13-4-6-14(21)7-5-13)24-16(27)11-15-12-29-20(23-15)26-9-2-3-17(26)28/h4-8,10,12,18H,2-3,9,11H2,1H3,(H,24,27)/t18-/m0/s1. The van der Waals surface area contributed by atoms with Gasteiger partial charge in [-0.05, 0) is 24.1 Å². The number of carbonyl (C=O) groups excluding carboxylic acids is 2. The molecule has 1 saturated heterocycles. The number of anilines is 1. The number of nitrogens with one attached hydrogen (secondary N) is 1. The lowest BCUT2D eigenvalue weighted by molar-refractivity contribution is -0.121. The lowest BCUT2D eigenvalue weighted by atomic mass is 10.1. The molecule has 0 unspecified atom stereocenters. The molecule has 0 aliphatic carbocycles. The average Bonchev–Trinajstić information content (AvgIpc) is 3.42. The summed E-state index contributed by atoms with van der Waals surface area (Å²) in [6.45, 7) is 0.690. The summed E-state index contributed by atoms with van der Waals surface area (Å²) < 4.78 is 1.87. The third-order valence-corrected chi connectivity index (χ3v) is 5.98. The Morgan fingerprint density at radius 3 is 2.79 bits per heavy atom. The Kier molecular flexibility index (Phi) is 5.64. The van der Waals surface area contributed by atoms with Crippen LogP contribution >= 0.6 is 22.9 Å². The first kappa shape index (κ1) is 19.6. The maximum absolute atomic E-state index is 12.8. The maximum Gasteiger partial charge on any atom is 0.228 e. The minimum Gasteiger partial charge on any atom is -0.342 e. The Balaban J connectivity index is 1.50. The van der Waals surface area contributed by atoms with Crippen molar-refractivity contribution in [2.24, 2.45) is 7.05 Å². The summed E-state index contributed by atoms with van der Waals surface area (Å²) in [5, 5.41) is 6.17. The van der Waals surface area contributed by atoms with Crippen LogP contribution in [0.15, 0.2) is 42.0 Å². The van der Waals surface area contributed by atoms with E-state index in [4.69, 9.17) is 11.6 Å². The Hall–Kier alpha value is -2.71. The van der Waals surface area contributed by atoms with Crippen molar-refractivity contribution >= 4 is 39.9 Å².